The molecule has 1 rings (SSSR count). The number of urea groups is 1. The van der Waals surface area contributed by atoms with Crippen molar-refractivity contribution in [2.75, 3.05) is 26.9 Å². The third-order valence-electron chi connectivity index (χ3n) is 3.51. The molecule has 8 nitrogen and oxygen atoms in total. The predicted octanol–water partition coefficient (Wildman–Crippen LogP) is 0.119. The first-order valence-electron chi connectivity index (χ1n) is 6.65. The van der Waals surface area contributed by atoms with Crippen LogP contribution in [0.4, 0.5) is 4.79 Å². The van der Waals surface area contributed by atoms with E-state index in [1.54, 1.807) is 0 Å². The topological polar surface area (TPSA) is 114 Å². The van der Waals surface area contributed by atoms with Crippen LogP contribution in [0, 0.1) is 5.41 Å². The fourth-order valence-corrected chi connectivity index (χ4v) is 1.89. The van der Waals surface area contributed by atoms with E-state index in [2.05, 4.69) is 10.6 Å². The van der Waals surface area contributed by atoms with Gasteiger partial charge < -0.3 is 19.9 Å². The maximum absolute atomic E-state index is 11.6. The van der Waals surface area contributed by atoms with E-state index >= 15 is 0 Å². The second-order valence-electron chi connectivity index (χ2n) is 5.79. The Kier molecular flexibility index (Phi) is 5.68. The first-order valence-corrected chi connectivity index (χ1v) is 6.65. The Hall–Kier alpha value is -1.67. The Labute approximate surface area is 123 Å². The molecule has 0 aromatic rings. The standard InChI is InChI=1S/C13H22N2O6/c1-12(2,10(17)18)6-9(16)15-11(19)14-7-13(20-3)4-5-21-8-13/h4-8H2,1-3H3,(H,17,18)(H2,14,15,16,19). The molecule has 1 aliphatic rings. The summed E-state index contributed by atoms with van der Waals surface area (Å²) in [5.74, 6) is -1.74. The third-order valence-corrected chi connectivity index (χ3v) is 3.51. The van der Waals surface area contributed by atoms with E-state index in [0.29, 0.717) is 19.6 Å². The summed E-state index contributed by atoms with van der Waals surface area (Å²) in [7, 11) is 1.54. The fourth-order valence-electron chi connectivity index (χ4n) is 1.89. The van der Waals surface area contributed by atoms with Gasteiger partial charge in [-0.15, -0.1) is 0 Å². The highest BCUT2D eigenvalue weighted by atomic mass is 16.5. The second kappa shape index (κ2) is 6.86. The van der Waals surface area contributed by atoms with Crippen LogP contribution in [-0.2, 0) is 19.1 Å². The summed E-state index contributed by atoms with van der Waals surface area (Å²) in [4.78, 5) is 34.2. The van der Waals surface area contributed by atoms with Crippen molar-refractivity contribution in [1.29, 1.82) is 0 Å². The summed E-state index contributed by atoms with van der Waals surface area (Å²) < 4.78 is 10.6. The lowest BCUT2D eigenvalue weighted by Crippen LogP contribution is -2.49. The number of aliphatic carboxylic acids is 1. The largest absolute Gasteiger partial charge is 0.481 e. The highest BCUT2D eigenvalue weighted by molar-refractivity contribution is 5.96. The van der Waals surface area contributed by atoms with Crippen molar-refractivity contribution in [3.63, 3.8) is 0 Å². The molecule has 1 saturated heterocycles. The average molecular weight is 302 g/mol. The van der Waals surface area contributed by atoms with Crippen molar-refractivity contribution < 1.29 is 29.0 Å². The molecule has 8 heteroatoms. The second-order valence-corrected chi connectivity index (χ2v) is 5.79. The van der Waals surface area contributed by atoms with E-state index in [4.69, 9.17) is 14.6 Å². The van der Waals surface area contributed by atoms with Crippen LogP contribution < -0.4 is 10.6 Å². The van der Waals surface area contributed by atoms with Crippen LogP contribution in [0.25, 0.3) is 0 Å². The fraction of sp³-hybridized carbons (Fsp3) is 0.769. The molecule has 120 valence electrons. The van der Waals surface area contributed by atoms with Gasteiger partial charge in [0.15, 0.2) is 0 Å². The van der Waals surface area contributed by atoms with Crippen molar-refractivity contribution in [2.24, 2.45) is 5.41 Å². The monoisotopic (exact) mass is 302 g/mol. The van der Waals surface area contributed by atoms with Gasteiger partial charge in [-0.2, -0.15) is 0 Å². The number of hydrogen-bond acceptors (Lipinski definition) is 5. The smallest absolute Gasteiger partial charge is 0.321 e. The molecule has 3 amide bonds. The summed E-state index contributed by atoms with van der Waals surface area (Å²) in [6.45, 7) is 3.99. The van der Waals surface area contributed by atoms with Gasteiger partial charge in [-0.3, -0.25) is 14.9 Å². The van der Waals surface area contributed by atoms with Gasteiger partial charge in [0, 0.05) is 26.6 Å². The number of carbonyl (C=O) groups is 3. The number of rotatable bonds is 6. The zero-order valence-electron chi connectivity index (χ0n) is 12.5. The van der Waals surface area contributed by atoms with Gasteiger partial charge >= 0.3 is 12.0 Å². The molecule has 1 fully saturated rings. The van der Waals surface area contributed by atoms with Gasteiger partial charge in [-0.1, -0.05) is 0 Å². The van der Waals surface area contributed by atoms with Crippen LogP contribution in [0.5, 0.6) is 0 Å². The van der Waals surface area contributed by atoms with Crippen LogP contribution in [0.3, 0.4) is 0 Å². The zero-order chi connectivity index (χ0) is 16.1. The number of methoxy groups -OCH3 is 1. The van der Waals surface area contributed by atoms with E-state index in [0.717, 1.165) is 0 Å². The lowest BCUT2D eigenvalue weighted by Gasteiger charge is -2.26. The Morgan fingerprint density at radius 2 is 2.05 bits per heavy atom. The number of carbonyl (C=O) groups excluding carboxylic acids is 2. The van der Waals surface area contributed by atoms with E-state index in [1.807, 2.05) is 0 Å². The number of imide groups is 1. The van der Waals surface area contributed by atoms with E-state index in [1.165, 1.54) is 21.0 Å². The number of nitrogens with one attached hydrogen (secondary N) is 2. The molecule has 0 bridgehead atoms. The predicted molar refractivity (Wildman–Crippen MR) is 72.8 cm³/mol. The number of hydrogen-bond donors (Lipinski definition) is 3. The molecule has 0 aliphatic carbocycles. The quantitative estimate of drug-likeness (QED) is 0.642. The molecule has 0 aromatic carbocycles. The molecule has 1 aliphatic heterocycles. The minimum absolute atomic E-state index is 0.213. The van der Waals surface area contributed by atoms with Crippen molar-refractivity contribution in [3.8, 4) is 0 Å². The number of amides is 3. The van der Waals surface area contributed by atoms with Gasteiger partial charge in [0.2, 0.25) is 5.91 Å². The molecule has 1 heterocycles. The molecule has 0 spiro atoms. The van der Waals surface area contributed by atoms with Crippen molar-refractivity contribution >= 4 is 17.9 Å². The maximum Gasteiger partial charge on any atom is 0.321 e. The Morgan fingerprint density at radius 1 is 1.38 bits per heavy atom. The summed E-state index contributed by atoms with van der Waals surface area (Å²) in [5, 5.41) is 13.6. The molecule has 0 saturated carbocycles. The highest BCUT2D eigenvalue weighted by Crippen LogP contribution is 2.21. The average Bonchev–Trinajstić information content (AvgIpc) is 2.85. The maximum atomic E-state index is 11.6. The lowest BCUT2D eigenvalue weighted by molar-refractivity contribution is -0.149. The Balaban J connectivity index is 2.40. The van der Waals surface area contributed by atoms with Crippen molar-refractivity contribution in [2.45, 2.75) is 32.3 Å². The number of ether oxygens (including phenoxy) is 2. The first-order chi connectivity index (χ1) is 9.71. The van der Waals surface area contributed by atoms with Gasteiger partial charge in [-0.05, 0) is 13.8 Å². The molecule has 0 aromatic heterocycles. The Bertz CT molecular complexity index is 415. The molecule has 0 radical (unpaired) electrons. The zero-order valence-corrected chi connectivity index (χ0v) is 12.5. The first kappa shape index (κ1) is 17.4. The van der Waals surface area contributed by atoms with E-state index in [-0.39, 0.29) is 13.0 Å². The summed E-state index contributed by atoms with van der Waals surface area (Å²) in [6, 6.07) is -0.676. The SMILES string of the molecule is COC1(CNC(=O)NC(=O)CC(C)(C)C(=O)O)CCOC1. The van der Waals surface area contributed by atoms with Crippen LogP contribution in [-0.4, -0.2) is 55.5 Å². The minimum atomic E-state index is -1.22. The van der Waals surface area contributed by atoms with Crippen molar-refractivity contribution in [1.82, 2.24) is 10.6 Å². The molecular weight excluding hydrogens is 280 g/mol. The Morgan fingerprint density at radius 3 is 2.52 bits per heavy atom. The van der Waals surface area contributed by atoms with Gasteiger partial charge in [0.25, 0.3) is 0 Å². The molecule has 3 N–H and O–H groups in total. The molecular formula is C13H22N2O6. The van der Waals surface area contributed by atoms with Crippen LogP contribution >= 0.6 is 0 Å². The minimum Gasteiger partial charge on any atom is -0.481 e. The van der Waals surface area contributed by atoms with Gasteiger partial charge in [-0.25, -0.2) is 4.79 Å². The van der Waals surface area contributed by atoms with Gasteiger partial charge in [0.1, 0.15) is 5.60 Å². The summed E-state index contributed by atoms with van der Waals surface area (Å²) in [6.07, 6.45) is 0.373. The van der Waals surface area contributed by atoms with Crippen LogP contribution in [0.2, 0.25) is 0 Å². The normalized spacial score (nSPS) is 21.9. The van der Waals surface area contributed by atoms with Gasteiger partial charge in [0.05, 0.1) is 18.6 Å². The summed E-state index contributed by atoms with van der Waals surface area (Å²) in [5.41, 5.74) is -1.79. The third kappa shape index (κ3) is 4.98. The van der Waals surface area contributed by atoms with Crippen molar-refractivity contribution in [3.05, 3.63) is 0 Å². The van der Waals surface area contributed by atoms with Crippen LogP contribution in [0.1, 0.15) is 26.7 Å². The number of carboxylic acid groups (broad SMARTS) is 1. The molecule has 21 heavy (non-hydrogen) atoms. The van der Waals surface area contributed by atoms with E-state index < -0.39 is 28.9 Å². The number of carboxylic acids is 1. The highest BCUT2D eigenvalue weighted by Gasteiger charge is 2.35. The summed E-state index contributed by atoms with van der Waals surface area (Å²) >= 11 is 0. The van der Waals surface area contributed by atoms with Crippen LogP contribution in [0.15, 0.2) is 0 Å². The lowest BCUT2D eigenvalue weighted by atomic mass is 9.89. The van der Waals surface area contributed by atoms with E-state index in [9.17, 15) is 14.4 Å². The molecule has 1 atom stereocenters. The molecule has 1 unspecified atom stereocenters.